The number of hydrazone groups is 1. The van der Waals surface area contributed by atoms with Gasteiger partial charge in [0.1, 0.15) is 11.4 Å². The van der Waals surface area contributed by atoms with Gasteiger partial charge in [0.05, 0.1) is 26.0 Å². The van der Waals surface area contributed by atoms with E-state index in [9.17, 15) is 9.90 Å². The Kier molecular flexibility index (Phi) is 6.97. The zero-order valence-electron chi connectivity index (χ0n) is 19.4. The quantitative estimate of drug-likeness (QED) is 0.533. The van der Waals surface area contributed by atoms with Gasteiger partial charge in [0.15, 0.2) is 21.4 Å². The van der Waals surface area contributed by atoms with Crippen LogP contribution >= 0.6 is 11.3 Å². The molecule has 1 aromatic carbocycles. The van der Waals surface area contributed by atoms with Gasteiger partial charge in [-0.3, -0.25) is 4.79 Å². The number of hydrogen-bond donors (Lipinski definition) is 1. The Morgan fingerprint density at radius 3 is 2.71 bits per heavy atom. The van der Waals surface area contributed by atoms with Gasteiger partial charge in [0.25, 0.3) is 5.91 Å². The molecule has 10 heteroatoms. The molecule has 1 aliphatic rings. The summed E-state index contributed by atoms with van der Waals surface area (Å²) in [5.41, 5.74) is 1.94. The van der Waals surface area contributed by atoms with Gasteiger partial charge in [-0.1, -0.05) is 0 Å². The van der Waals surface area contributed by atoms with Crippen LogP contribution in [0.25, 0.3) is 10.7 Å². The molecule has 178 valence electrons. The lowest BCUT2D eigenvalue weighted by Crippen LogP contribution is -2.32. The fraction of sp³-hybridized carbons (Fsp3) is 0.333. The Morgan fingerprint density at radius 2 is 2.00 bits per heavy atom. The van der Waals surface area contributed by atoms with Gasteiger partial charge in [0.2, 0.25) is 5.88 Å². The third-order valence-corrected chi connectivity index (χ3v) is 6.12. The monoisotopic (exact) mass is 482 g/mol. The SMILES string of the molecule is COc1ccc(C2=NN(C(=O)c3sc(-c4ncccc4O)nc3OC)CCC2)cc1OC(C)C. The summed E-state index contributed by atoms with van der Waals surface area (Å²) in [6, 6.07) is 8.78. The number of carbonyl (C=O) groups excluding carboxylic acids is 1. The van der Waals surface area contributed by atoms with Gasteiger partial charge in [-0.25, -0.2) is 9.99 Å². The minimum absolute atomic E-state index is 0.0120. The molecule has 34 heavy (non-hydrogen) atoms. The summed E-state index contributed by atoms with van der Waals surface area (Å²) in [6.07, 6.45) is 3.02. The predicted molar refractivity (Wildman–Crippen MR) is 129 cm³/mol. The van der Waals surface area contributed by atoms with Crippen molar-refractivity contribution in [2.24, 2.45) is 5.10 Å². The maximum absolute atomic E-state index is 13.4. The zero-order chi connectivity index (χ0) is 24.2. The molecule has 0 unspecified atom stereocenters. The smallest absolute Gasteiger partial charge is 0.289 e. The molecule has 1 N–H and O–H groups in total. The number of nitrogens with zero attached hydrogens (tertiary/aromatic N) is 4. The first-order chi connectivity index (χ1) is 16.4. The second kappa shape index (κ2) is 10.1. The number of aromatic hydroxyl groups is 1. The minimum atomic E-state index is -0.319. The van der Waals surface area contributed by atoms with E-state index in [0.29, 0.717) is 33.6 Å². The van der Waals surface area contributed by atoms with Gasteiger partial charge in [-0.05, 0) is 57.0 Å². The molecule has 3 aromatic rings. The molecule has 0 aliphatic carbocycles. The maximum atomic E-state index is 13.4. The van der Waals surface area contributed by atoms with Crippen molar-refractivity contribution >= 4 is 23.0 Å². The summed E-state index contributed by atoms with van der Waals surface area (Å²) < 4.78 is 16.6. The average molecular weight is 483 g/mol. The average Bonchev–Trinajstić information content (AvgIpc) is 3.28. The lowest BCUT2D eigenvalue weighted by atomic mass is 10.0. The summed E-state index contributed by atoms with van der Waals surface area (Å²) in [5, 5.41) is 16.6. The van der Waals surface area contributed by atoms with E-state index in [1.165, 1.54) is 18.2 Å². The second-order valence-electron chi connectivity index (χ2n) is 7.84. The lowest BCUT2D eigenvalue weighted by molar-refractivity contribution is 0.0753. The molecule has 0 fully saturated rings. The number of ether oxygens (including phenoxy) is 3. The van der Waals surface area contributed by atoms with E-state index in [4.69, 9.17) is 14.2 Å². The van der Waals surface area contributed by atoms with Crippen LogP contribution in [-0.2, 0) is 0 Å². The van der Waals surface area contributed by atoms with E-state index in [1.54, 1.807) is 19.4 Å². The second-order valence-corrected chi connectivity index (χ2v) is 8.84. The molecular formula is C24H26N4O5S. The minimum Gasteiger partial charge on any atom is -0.506 e. The van der Waals surface area contributed by atoms with Crippen LogP contribution in [0.4, 0.5) is 0 Å². The van der Waals surface area contributed by atoms with Gasteiger partial charge in [-0.2, -0.15) is 10.1 Å². The van der Waals surface area contributed by atoms with Crippen LogP contribution in [0.15, 0.2) is 41.6 Å². The topological polar surface area (TPSA) is 106 Å². The van der Waals surface area contributed by atoms with Crippen molar-refractivity contribution in [3.05, 3.63) is 47.0 Å². The first kappa shape index (κ1) is 23.5. The molecule has 0 saturated carbocycles. The Bertz CT molecular complexity index is 1220. The largest absolute Gasteiger partial charge is 0.506 e. The van der Waals surface area contributed by atoms with E-state index in [2.05, 4.69) is 15.1 Å². The first-order valence-electron chi connectivity index (χ1n) is 10.8. The summed E-state index contributed by atoms with van der Waals surface area (Å²) in [7, 11) is 3.05. The van der Waals surface area contributed by atoms with Gasteiger partial charge in [-0.15, -0.1) is 11.3 Å². The Labute approximate surface area is 201 Å². The Balaban J connectivity index is 1.65. The number of methoxy groups -OCH3 is 2. The molecule has 3 heterocycles. The van der Waals surface area contributed by atoms with Crippen molar-refractivity contribution < 1.29 is 24.1 Å². The van der Waals surface area contributed by atoms with Crippen LogP contribution in [0, 0.1) is 0 Å². The lowest BCUT2D eigenvalue weighted by Gasteiger charge is -2.24. The van der Waals surface area contributed by atoms with Crippen molar-refractivity contribution in [3.8, 4) is 33.8 Å². The number of thiazole rings is 1. The van der Waals surface area contributed by atoms with Crippen LogP contribution in [0.2, 0.25) is 0 Å². The number of rotatable bonds is 7. The highest BCUT2D eigenvalue weighted by Crippen LogP contribution is 2.36. The van der Waals surface area contributed by atoms with Crippen LogP contribution in [0.3, 0.4) is 0 Å². The maximum Gasteiger partial charge on any atom is 0.289 e. The molecule has 1 amide bonds. The van der Waals surface area contributed by atoms with E-state index >= 15 is 0 Å². The molecule has 2 aromatic heterocycles. The highest BCUT2D eigenvalue weighted by molar-refractivity contribution is 7.17. The molecular weight excluding hydrogens is 456 g/mol. The number of amides is 1. The normalized spacial score (nSPS) is 13.6. The third kappa shape index (κ3) is 4.81. The standard InChI is InChI=1S/C24H26N4O5S/c1-14(2)33-19-13-15(9-10-18(19)31-3)16-7-6-12-28(27-16)24(30)21-22(32-4)26-23(34-21)20-17(29)8-5-11-25-20/h5,8-11,13-14,29H,6-7,12H2,1-4H3. The van der Waals surface area contributed by atoms with Crippen LogP contribution in [-0.4, -0.2) is 58.6 Å². The number of benzene rings is 1. The van der Waals surface area contributed by atoms with E-state index in [-0.39, 0.29) is 23.6 Å². The fourth-order valence-electron chi connectivity index (χ4n) is 3.55. The van der Waals surface area contributed by atoms with Crippen molar-refractivity contribution in [1.82, 2.24) is 15.0 Å². The molecule has 1 aliphatic heterocycles. The van der Waals surface area contributed by atoms with E-state index in [0.717, 1.165) is 35.5 Å². The van der Waals surface area contributed by atoms with Crippen LogP contribution < -0.4 is 14.2 Å². The third-order valence-electron chi connectivity index (χ3n) is 5.09. The van der Waals surface area contributed by atoms with Crippen molar-refractivity contribution in [1.29, 1.82) is 0 Å². The summed E-state index contributed by atoms with van der Waals surface area (Å²) in [6.45, 7) is 4.37. The Hall–Kier alpha value is -3.66. The van der Waals surface area contributed by atoms with Crippen molar-refractivity contribution in [2.45, 2.75) is 32.8 Å². The first-order valence-corrected chi connectivity index (χ1v) is 11.7. The fourth-order valence-corrected chi connectivity index (χ4v) is 4.54. The molecule has 0 spiro atoms. The van der Waals surface area contributed by atoms with Crippen LogP contribution in [0.5, 0.6) is 23.1 Å². The van der Waals surface area contributed by atoms with Gasteiger partial charge in [0, 0.05) is 18.3 Å². The predicted octanol–water partition coefficient (Wildman–Crippen LogP) is 4.36. The zero-order valence-corrected chi connectivity index (χ0v) is 20.3. The molecule has 4 rings (SSSR count). The van der Waals surface area contributed by atoms with Crippen molar-refractivity contribution in [2.75, 3.05) is 20.8 Å². The highest BCUT2D eigenvalue weighted by atomic mass is 32.1. The molecule has 0 bridgehead atoms. The van der Waals surface area contributed by atoms with Crippen LogP contribution in [0.1, 0.15) is 41.9 Å². The van der Waals surface area contributed by atoms with Gasteiger partial charge < -0.3 is 19.3 Å². The Morgan fingerprint density at radius 1 is 1.18 bits per heavy atom. The molecule has 0 atom stereocenters. The summed E-state index contributed by atoms with van der Waals surface area (Å²) in [4.78, 5) is 22.2. The van der Waals surface area contributed by atoms with Gasteiger partial charge >= 0.3 is 0 Å². The molecule has 0 radical (unpaired) electrons. The number of hydrogen-bond acceptors (Lipinski definition) is 9. The number of aromatic nitrogens is 2. The molecule has 0 saturated heterocycles. The number of pyridine rings is 1. The summed E-state index contributed by atoms with van der Waals surface area (Å²) >= 11 is 1.11. The van der Waals surface area contributed by atoms with Crippen molar-refractivity contribution in [3.63, 3.8) is 0 Å². The summed E-state index contributed by atoms with van der Waals surface area (Å²) in [5.74, 6) is 1.11. The molecule has 9 nitrogen and oxygen atoms in total. The number of carbonyl (C=O) groups is 1. The van der Waals surface area contributed by atoms with E-state index in [1.807, 2.05) is 32.0 Å². The highest BCUT2D eigenvalue weighted by Gasteiger charge is 2.28. The van der Waals surface area contributed by atoms with E-state index < -0.39 is 0 Å².